The van der Waals surface area contributed by atoms with Gasteiger partial charge in [-0.05, 0) is 52.0 Å². The normalized spacial score (nSPS) is 15.0. The number of hydrogen-bond acceptors (Lipinski definition) is 5. The molecule has 0 bridgehead atoms. The zero-order valence-corrected chi connectivity index (χ0v) is 17.8. The quantitative estimate of drug-likeness (QED) is 0.500. The van der Waals surface area contributed by atoms with Gasteiger partial charge in [-0.1, -0.05) is 18.2 Å². The van der Waals surface area contributed by atoms with Gasteiger partial charge in [0.1, 0.15) is 11.8 Å². The van der Waals surface area contributed by atoms with E-state index in [0.717, 1.165) is 18.8 Å². The van der Waals surface area contributed by atoms with Crippen LogP contribution in [0.25, 0.3) is 5.57 Å². The van der Waals surface area contributed by atoms with Gasteiger partial charge >= 0.3 is 0 Å². The number of ether oxygens (including phenoxy) is 1. The van der Waals surface area contributed by atoms with Crippen LogP contribution in [0, 0.1) is 11.3 Å². The molecule has 1 aliphatic rings. The molecule has 0 radical (unpaired) electrons. The molecule has 0 atom stereocenters. The van der Waals surface area contributed by atoms with E-state index in [1.165, 1.54) is 5.01 Å². The van der Waals surface area contributed by atoms with E-state index in [1.807, 2.05) is 55.5 Å². The second kappa shape index (κ2) is 9.27. The number of nitriles is 1. The van der Waals surface area contributed by atoms with Gasteiger partial charge in [0.05, 0.1) is 29.2 Å². The highest BCUT2D eigenvalue weighted by atomic mass is 16.5. The summed E-state index contributed by atoms with van der Waals surface area (Å²) in [6.07, 6.45) is 0. The van der Waals surface area contributed by atoms with E-state index in [0.29, 0.717) is 34.9 Å². The summed E-state index contributed by atoms with van der Waals surface area (Å²) in [5.74, 6) is 0.273. The van der Waals surface area contributed by atoms with Crippen molar-refractivity contribution in [3.05, 3.63) is 59.7 Å². The number of rotatable bonds is 7. The molecule has 0 aromatic heterocycles. The van der Waals surface area contributed by atoms with E-state index in [2.05, 4.69) is 29.9 Å². The molecule has 2 aromatic rings. The molecular weight excluding hydrogens is 376 g/mol. The Bertz CT molecular complexity index is 1030. The van der Waals surface area contributed by atoms with Crippen LogP contribution in [0.5, 0.6) is 5.75 Å². The highest BCUT2D eigenvalue weighted by Gasteiger charge is 2.33. The lowest BCUT2D eigenvalue weighted by Crippen LogP contribution is -2.22. The van der Waals surface area contributed by atoms with Crippen molar-refractivity contribution in [2.75, 3.05) is 29.6 Å². The van der Waals surface area contributed by atoms with Crippen molar-refractivity contribution >= 4 is 28.6 Å². The number of anilines is 2. The van der Waals surface area contributed by atoms with Gasteiger partial charge in [-0.2, -0.15) is 15.4 Å². The van der Waals surface area contributed by atoms with Gasteiger partial charge in [0.15, 0.2) is 0 Å². The minimum absolute atomic E-state index is 0.272. The lowest BCUT2D eigenvalue weighted by atomic mass is 9.96. The van der Waals surface area contributed by atoms with Gasteiger partial charge in [-0.25, -0.2) is 0 Å². The molecule has 6 nitrogen and oxygen atoms in total. The van der Waals surface area contributed by atoms with Crippen molar-refractivity contribution in [3.63, 3.8) is 0 Å². The SMILES string of the molecule is CCOc1cc(N(CC)CC)ccc1/C(C#N)=C1/C(=O)N(c2ccccc2)N=C1C. The largest absolute Gasteiger partial charge is 0.493 e. The summed E-state index contributed by atoms with van der Waals surface area (Å²) >= 11 is 0. The maximum absolute atomic E-state index is 13.2. The maximum Gasteiger partial charge on any atom is 0.281 e. The average Bonchev–Trinajstić information content (AvgIpc) is 3.06. The fourth-order valence-corrected chi connectivity index (χ4v) is 3.57. The van der Waals surface area contributed by atoms with Gasteiger partial charge in [0.25, 0.3) is 5.91 Å². The van der Waals surface area contributed by atoms with Crippen molar-refractivity contribution in [2.45, 2.75) is 27.7 Å². The van der Waals surface area contributed by atoms with E-state index in [4.69, 9.17) is 4.74 Å². The summed E-state index contributed by atoms with van der Waals surface area (Å²) in [6.45, 7) is 10.0. The number of carbonyl (C=O) groups excluding carboxylic acids is 1. The van der Waals surface area contributed by atoms with Crippen molar-refractivity contribution in [1.29, 1.82) is 5.26 Å². The standard InChI is InChI=1S/C24H26N4O2/c1-5-27(6-2)19-13-14-20(22(15-19)30-7-3)21(16-25)23-17(4)26-28(24(23)29)18-11-9-8-10-12-18/h8-15H,5-7H2,1-4H3/b23-21+. The smallest absolute Gasteiger partial charge is 0.281 e. The first-order chi connectivity index (χ1) is 14.5. The third-order valence-electron chi connectivity index (χ3n) is 5.04. The first kappa shape index (κ1) is 21.1. The van der Waals surface area contributed by atoms with Crippen LogP contribution in [-0.2, 0) is 4.79 Å². The topological polar surface area (TPSA) is 68.9 Å². The van der Waals surface area contributed by atoms with E-state index < -0.39 is 0 Å². The monoisotopic (exact) mass is 402 g/mol. The highest BCUT2D eigenvalue weighted by molar-refractivity contribution is 6.34. The number of benzene rings is 2. The zero-order valence-electron chi connectivity index (χ0n) is 17.8. The van der Waals surface area contributed by atoms with Crippen LogP contribution < -0.4 is 14.6 Å². The molecule has 30 heavy (non-hydrogen) atoms. The predicted molar refractivity (Wildman–Crippen MR) is 121 cm³/mol. The average molecular weight is 402 g/mol. The number of carbonyl (C=O) groups is 1. The Labute approximate surface area is 177 Å². The molecule has 0 saturated carbocycles. The maximum atomic E-state index is 13.2. The minimum atomic E-state index is -0.314. The van der Waals surface area contributed by atoms with Gasteiger partial charge in [-0.3, -0.25) is 4.79 Å². The zero-order chi connectivity index (χ0) is 21.7. The lowest BCUT2D eigenvalue weighted by molar-refractivity contribution is -0.114. The van der Waals surface area contributed by atoms with Gasteiger partial charge in [0.2, 0.25) is 0 Å². The van der Waals surface area contributed by atoms with Crippen molar-refractivity contribution in [2.24, 2.45) is 5.10 Å². The van der Waals surface area contributed by atoms with E-state index in [9.17, 15) is 10.1 Å². The van der Waals surface area contributed by atoms with Crippen LogP contribution in [0.1, 0.15) is 33.3 Å². The second-order valence-electron chi connectivity index (χ2n) is 6.79. The Morgan fingerprint density at radius 3 is 2.43 bits per heavy atom. The van der Waals surface area contributed by atoms with Crippen LogP contribution in [0.2, 0.25) is 0 Å². The molecule has 2 aromatic carbocycles. The minimum Gasteiger partial charge on any atom is -0.493 e. The molecule has 0 N–H and O–H groups in total. The summed E-state index contributed by atoms with van der Waals surface area (Å²) in [6, 6.07) is 17.2. The van der Waals surface area contributed by atoms with E-state index in [1.54, 1.807) is 6.92 Å². The number of nitrogens with zero attached hydrogens (tertiary/aromatic N) is 4. The van der Waals surface area contributed by atoms with Crippen LogP contribution in [0.4, 0.5) is 11.4 Å². The van der Waals surface area contributed by atoms with Gasteiger partial charge in [0, 0.05) is 30.4 Å². The summed E-state index contributed by atoms with van der Waals surface area (Å²) in [4.78, 5) is 15.4. The molecule has 1 amide bonds. The molecule has 1 heterocycles. The molecule has 3 rings (SSSR count). The summed E-state index contributed by atoms with van der Waals surface area (Å²) < 4.78 is 5.86. The van der Waals surface area contributed by atoms with Gasteiger partial charge < -0.3 is 9.64 Å². The van der Waals surface area contributed by atoms with Crippen LogP contribution in [-0.4, -0.2) is 31.3 Å². The molecule has 0 fully saturated rings. The molecular formula is C24H26N4O2. The first-order valence-electron chi connectivity index (χ1n) is 10.2. The fourth-order valence-electron chi connectivity index (χ4n) is 3.57. The number of hydrogen-bond donors (Lipinski definition) is 0. The molecule has 0 unspecified atom stereocenters. The Morgan fingerprint density at radius 1 is 1.13 bits per heavy atom. The number of amides is 1. The van der Waals surface area contributed by atoms with E-state index >= 15 is 0 Å². The molecule has 0 saturated heterocycles. The first-order valence-corrected chi connectivity index (χ1v) is 10.2. The number of hydrazone groups is 1. The van der Waals surface area contributed by atoms with Crippen LogP contribution in [0.15, 0.2) is 59.2 Å². The number of para-hydroxylation sites is 1. The highest BCUT2D eigenvalue weighted by Crippen LogP contribution is 2.35. The third kappa shape index (κ3) is 3.92. The Kier molecular flexibility index (Phi) is 6.53. The predicted octanol–water partition coefficient (Wildman–Crippen LogP) is 4.63. The Hall–Kier alpha value is -3.59. The molecule has 1 aliphatic heterocycles. The molecule has 0 aliphatic carbocycles. The lowest BCUT2D eigenvalue weighted by Gasteiger charge is -2.22. The number of allylic oxidation sites excluding steroid dienone is 1. The molecule has 6 heteroatoms. The van der Waals surface area contributed by atoms with Crippen molar-refractivity contribution in [3.8, 4) is 11.8 Å². The van der Waals surface area contributed by atoms with Crippen molar-refractivity contribution < 1.29 is 9.53 Å². The Morgan fingerprint density at radius 2 is 1.83 bits per heavy atom. The summed E-state index contributed by atoms with van der Waals surface area (Å²) in [5.41, 5.74) is 3.37. The van der Waals surface area contributed by atoms with E-state index in [-0.39, 0.29) is 11.5 Å². The van der Waals surface area contributed by atoms with Gasteiger partial charge in [-0.15, -0.1) is 0 Å². The Balaban J connectivity index is 2.11. The second-order valence-corrected chi connectivity index (χ2v) is 6.79. The third-order valence-corrected chi connectivity index (χ3v) is 5.04. The summed E-state index contributed by atoms with van der Waals surface area (Å²) in [7, 11) is 0. The van der Waals surface area contributed by atoms with Crippen LogP contribution >= 0.6 is 0 Å². The van der Waals surface area contributed by atoms with Crippen molar-refractivity contribution in [1.82, 2.24) is 0 Å². The molecule has 154 valence electrons. The van der Waals surface area contributed by atoms with Crippen LogP contribution in [0.3, 0.4) is 0 Å². The fraction of sp³-hybridized carbons (Fsp3) is 0.292. The molecule has 0 spiro atoms. The summed E-state index contributed by atoms with van der Waals surface area (Å²) in [5, 5.41) is 15.7.